The van der Waals surface area contributed by atoms with Crippen LogP contribution in [0.3, 0.4) is 0 Å². The lowest BCUT2D eigenvalue weighted by molar-refractivity contribution is 0.581. The van der Waals surface area contributed by atoms with Crippen LogP contribution in [0.2, 0.25) is 0 Å². The van der Waals surface area contributed by atoms with E-state index in [2.05, 4.69) is 14.9 Å². The van der Waals surface area contributed by atoms with Crippen molar-refractivity contribution in [1.82, 2.24) is 14.9 Å². The van der Waals surface area contributed by atoms with Crippen LogP contribution in [0.1, 0.15) is 37.6 Å². The van der Waals surface area contributed by atoms with Crippen molar-refractivity contribution in [1.29, 1.82) is 0 Å². The van der Waals surface area contributed by atoms with Crippen LogP contribution in [0.15, 0.2) is 4.79 Å². The zero-order valence-corrected chi connectivity index (χ0v) is 11.7. The summed E-state index contributed by atoms with van der Waals surface area (Å²) in [5.41, 5.74) is 1.77. The highest BCUT2D eigenvalue weighted by atomic mass is 32.2. The van der Waals surface area contributed by atoms with Crippen molar-refractivity contribution in [3.63, 3.8) is 0 Å². The van der Waals surface area contributed by atoms with Crippen LogP contribution >= 0.6 is 0 Å². The number of nitrogens with zero attached hydrogens (tertiary/aromatic N) is 1. The summed E-state index contributed by atoms with van der Waals surface area (Å²) < 4.78 is 25.2. The van der Waals surface area contributed by atoms with Gasteiger partial charge in [-0.2, -0.15) is 5.10 Å². The molecule has 0 spiro atoms. The van der Waals surface area contributed by atoms with Gasteiger partial charge >= 0.3 is 0 Å². The number of nitrogens with one attached hydrogen (secondary N) is 2. The Kier molecular flexibility index (Phi) is 5.03. The topological polar surface area (TPSA) is 91.9 Å². The van der Waals surface area contributed by atoms with E-state index in [-0.39, 0.29) is 17.9 Å². The number of sulfonamides is 1. The van der Waals surface area contributed by atoms with E-state index in [0.717, 1.165) is 11.3 Å². The lowest BCUT2D eigenvalue weighted by Gasteiger charge is -2.11. The zero-order chi connectivity index (χ0) is 13.8. The second kappa shape index (κ2) is 6.10. The number of aromatic amines is 1. The fraction of sp³-hybridized carbons (Fsp3) is 0.636. The molecule has 2 N–H and O–H groups in total. The first-order valence-corrected chi connectivity index (χ1v) is 7.67. The van der Waals surface area contributed by atoms with Gasteiger partial charge in [0.1, 0.15) is 0 Å². The number of hydrogen-bond donors (Lipinski definition) is 2. The summed E-state index contributed by atoms with van der Waals surface area (Å²) in [4.78, 5) is 11.7. The van der Waals surface area contributed by atoms with Gasteiger partial charge in [-0.25, -0.2) is 18.2 Å². The van der Waals surface area contributed by atoms with Crippen molar-refractivity contribution in [3.8, 4) is 0 Å². The molecule has 0 radical (unpaired) electrons. The zero-order valence-electron chi connectivity index (χ0n) is 10.9. The molecule has 18 heavy (non-hydrogen) atoms. The molecule has 7 heteroatoms. The smallest absolute Gasteiger partial charge is 0.268 e. The van der Waals surface area contributed by atoms with E-state index in [1.165, 1.54) is 0 Å². The second-order valence-electron chi connectivity index (χ2n) is 3.89. The van der Waals surface area contributed by atoms with Gasteiger partial charge in [-0.05, 0) is 25.3 Å². The Labute approximate surface area is 107 Å². The van der Waals surface area contributed by atoms with Gasteiger partial charge in [-0.1, -0.05) is 13.8 Å². The van der Waals surface area contributed by atoms with E-state index in [1.807, 2.05) is 13.8 Å². The monoisotopic (exact) mass is 273 g/mol. The molecule has 1 heterocycles. The van der Waals surface area contributed by atoms with Gasteiger partial charge in [0.2, 0.25) is 10.0 Å². The Balaban J connectivity index is 3.12. The Morgan fingerprint density at radius 1 is 1.17 bits per heavy atom. The lowest BCUT2D eigenvalue weighted by atomic mass is 10.0. The minimum Gasteiger partial charge on any atom is -0.268 e. The van der Waals surface area contributed by atoms with Gasteiger partial charge in [0.15, 0.2) is 0 Å². The van der Waals surface area contributed by atoms with E-state index >= 15 is 0 Å². The SMILES string of the molecule is CCc1n[nH]c(=O)c(CNS(=O)(=O)CC)c1CC. The highest BCUT2D eigenvalue weighted by Gasteiger charge is 2.14. The van der Waals surface area contributed by atoms with Crippen LogP contribution in [-0.2, 0) is 29.4 Å². The maximum atomic E-state index is 11.7. The van der Waals surface area contributed by atoms with Crippen LogP contribution in [0, 0.1) is 0 Å². The van der Waals surface area contributed by atoms with Gasteiger partial charge in [0.05, 0.1) is 11.4 Å². The molecule has 0 saturated heterocycles. The Hall–Kier alpha value is -1.21. The Morgan fingerprint density at radius 2 is 1.83 bits per heavy atom. The molecule has 1 aromatic rings. The lowest BCUT2D eigenvalue weighted by Crippen LogP contribution is -2.30. The molecule has 0 aliphatic heterocycles. The normalized spacial score (nSPS) is 11.7. The molecule has 1 rings (SSSR count). The van der Waals surface area contributed by atoms with Gasteiger partial charge in [-0.15, -0.1) is 0 Å². The van der Waals surface area contributed by atoms with Crippen LogP contribution in [0.5, 0.6) is 0 Å². The van der Waals surface area contributed by atoms with Crippen LogP contribution in [0.4, 0.5) is 0 Å². The van der Waals surface area contributed by atoms with Crippen molar-refractivity contribution in [2.45, 2.75) is 40.2 Å². The minimum absolute atomic E-state index is 0.00190. The second-order valence-corrected chi connectivity index (χ2v) is 5.98. The molecule has 0 aliphatic carbocycles. The van der Waals surface area contributed by atoms with Gasteiger partial charge in [0.25, 0.3) is 5.56 Å². The van der Waals surface area contributed by atoms with Gasteiger partial charge in [0, 0.05) is 12.1 Å². The van der Waals surface area contributed by atoms with Crippen molar-refractivity contribution in [3.05, 3.63) is 27.2 Å². The van der Waals surface area contributed by atoms with Crippen molar-refractivity contribution < 1.29 is 8.42 Å². The third kappa shape index (κ3) is 3.39. The number of aryl methyl sites for hydroxylation is 1. The molecule has 0 amide bonds. The molecule has 0 aromatic carbocycles. The number of aromatic nitrogens is 2. The summed E-state index contributed by atoms with van der Waals surface area (Å²) in [6.45, 7) is 5.44. The highest BCUT2D eigenvalue weighted by Crippen LogP contribution is 2.10. The number of rotatable bonds is 6. The number of H-pyrrole nitrogens is 1. The average molecular weight is 273 g/mol. The summed E-state index contributed by atoms with van der Waals surface area (Å²) in [5, 5.41) is 6.39. The van der Waals surface area contributed by atoms with E-state index in [4.69, 9.17) is 0 Å². The van der Waals surface area contributed by atoms with E-state index in [1.54, 1.807) is 6.92 Å². The summed E-state index contributed by atoms with van der Waals surface area (Å²) in [7, 11) is -3.30. The third-order valence-electron chi connectivity index (χ3n) is 2.82. The molecule has 0 aliphatic rings. The van der Waals surface area contributed by atoms with Crippen LogP contribution < -0.4 is 10.3 Å². The number of hydrogen-bond acceptors (Lipinski definition) is 4. The molecule has 0 fully saturated rings. The fourth-order valence-electron chi connectivity index (χ4n) is 1.75. The molecule has 102 valence electrons. The highest BCUT2D eigenvalue weighted by molar-refractivity contribution is 7.89. The molecule has 0 saturated carbocycles. The van der Waals surface area contributed by atoms with Crippen molar-refractivity contribution >= 4 is 10.0 Å². The summed E-state index contributed by atoms with van der Waals surface area (Å²) in [5.74, 6) is -0.00190. The Bertz CT molecular complexity index is 563. The third-order valence-corrected chi connectivity index (χ3v) is 4.16. The van der Waals surface area contributed by atoms with Crippen molar-refractivity contribution in [2.24, 2.45) is 0 Å². The van der Waals surface area contributed by atoms with Gasteiger partial charge in [-0.3, -0.25) is 4.79 Å². The quantitative estimate of drug-likeness (QED) is 0.781. The van der Waals surface area contributed by atoms with Crippen molar-refractivity contribution in [2.75, 3.05) is 5.75 Å². The predicted molar refractivity (Wildman–Crippen MR) is 69.9 cm³/mol. The standard InChI is InChI=1S/C11H19N3O3S/c1-4-8-9(7-12-18(16,17)6-3)11(15)14-13-10(8)5-2/h12H,4-7H2,1-3H3,(H,14,15). The molecule has 0 unspecified atom stereocenters. The molecular formula is C11H19N3O3S. The molecule has 1 aromatic heterocycles. The predicted octanol–water partition coefficient (Wildman–Crippen LogP) is 0.334. The largest absolute Gasteiger partial charge is 0.268 e. The maximum absolute atomic E-state index is 11.7. The van der Waals surface area contributed by atoms with Crippen LogP contribution in [0.25, 0.3) is 0 Å². The summed E-state index contributed by atoms with van der Waals surface area (Å²) in [6, 6.07) is 0. The van der Waals surface area contributed by atoms with E-state index in [0.29, 0.717) is 18.4 Å². The molecule has 6 nitrogen and oxygen atoms in total. The minimum atomic E-state index is -3.30. The molecule has 0 atom stereocenters. The molecule has 0 bridgehead atoms. The maximum Gasteiger partial charge on any atom is 0.268 e. The summed E-state index contributed by atoms with van der Waals surface area (Å²) >= 11 is 0. The fourth-order valence-corrected chi connectivity index (χ4v) is 2.31. The molecular weight excluding hydrogens is 254 g/mol. The van der Waals surface area contributed by atoms with Crippen LogP contribution in [-0.4, -0.2) is 24.4 Å². The summed E-state index contributed by atoms with van der Waals surface area (Å²) in [6.07, 6.45) is 1.36. The van der Waals surface area contributed by atoms with Gasteiger partial charge < -0.3 is 0 Å². The average Bonchev–Trinajstić information content (AvgIpc) is 2.36. The first kappa shape index (κ1) is 14.8. The first-order valence-electron chi connectivity index (χ1n) is 6.01. The Morgan fingerprint density at radius 3 is 2.33 bits per heavy atom. The van der Waals surface area contributed by atoms with E-state index in [9.17, 15) is 13.2 Å². The van der Waals surface area contributed by atoms with E-state index < -0.39 is 10.0 Å². The first-order chi connectivity index (χ1) is 8.45.